The number of hydrogen-bond donors (Lipinski definition) is 0. The van der Waals surface area contributed by atoms with Crippen molar-refractivity contribution in [3.8, 4) is 0 Å². The first kappa shape index (κ1) is 31.8. The molecule has 0 aromatic rings. The van der Waals surface area contributed by atoms with Crippen molar-refractivity contribution in [1.29, 1.82) is 0 Å². The largest absolute Gasteiger partial charge is 0.307 e. The first-order valence-electron chi connectivity index (χ1n) is 14.7. The number of rotatable bonds is 27. The molecule has 3 heteroatoms. The first-order chi connectivity index (χ1) is 15.8. The van der Waals surface area contributed by atoms with Gasteiger partial charge in [-0.15, -0.1) is 0 Å². The van der Waals surface area contributed by atoms with E-state index in [9.17, 15) is 0 Å². The van der Waals surface area contributed by atoms with Crippen molar-refractivity contribution in [1.82, 2.24) is 4.31 Å². The fourth-order valence-corrected chi connectivity index (χ4v) is 5.07. The van der Waals surface area contributed by atoms with Crippen LogP contribution in [0.1, 0.15) is 162 Å². The summed E-state index contributed by atoms with van der Waals surface area (Å²) in [5, 5.41) is 0. The molecule has 0 aliphatic carbocycles. The minimum Gasteiger partial charge on any atom is -0.307 e. The lowest BCUT2D eigenvalue weighted by Gasteiger charge is -2.18. The Morgan fingerprint density at radius 1 is 0.500 bits per heavy atom. The molecule has 0 aromatic carbocycles. The van der Waals surface area contributed by atoms with E-state index in [0.717, 1.165) is 6.54 Å². The number of hydrogen-bond acceptors (Lipinski definition) is 2. The van der Waals surface area contributed by atoms with Crippen LogP contribution in [-0.4, -0.2) is 29.5 Å². The van der Waals surface area contributed by atoms with E-state index in [0.29, 0.717) is 0 Å². The molecule has 0 aromatic heterocycles. The van der Waals surface area contributed by atoms with Gasteiger partial charge >= 0.3 is 0 Å². The van der Waals surface area contributed by atoms with E-state index in [4.69, 9.17) is 4.99 Å². The van der Waals surface area contributed by atoms with Gasteiger partial charge in [0, 0.05) is 18.8 Å². The molecule has 0 atom stereocenters. The molecule has 0 bridgehead atoms. The molecule has 0 unspecified atom stereocenters. The lowest BCUT2D eigenvalue weighted by molar-refractivity contribution is 0.550. The average Bonchev–Trinajstić information content (AvgIpc) is 2.80. The van der Waals surface area contributed by atoms with Crippen LogP contribution in [0.2, 0.25) is 0 Å². The maximum absolute atomic E-state index is 4.78. The first-order valence-corrected chi connectivity index (χ1v) is 15.7. The minimum absolute atomic E-state index is 1.01. The van der Waals surface area contributed by atoms with E-state index in [2.05, 4.69) is 31.4 Å². The zero-order chi connectivity index (χ0) is 23.4. The third kappa shape index (κ3) is 26.1. The van der Waals surface area contributed by atoms with Crippen LogP contribution < -0.4 is 0 Å². The van der Waals surface area contributed by atoms with Gasteiger partial charge in [0.05, 0.1) is 6.34 Å². The standard InChI is InChI=1S/C29H60N2S/c1-4-7-10-13-16-19-22-25-28-32-31(27-24-21-18-15-12-9-6-3)29-30-26-23-20-17-14-11-8-5-2/h29H,4-28H2,1-3H3/b30-29-. The van der Waals surface area contributed by atoms with E-state index in [1.807, 2.05) is 11.9 Å². The molecule has 2 nitrogen and oxygen atoms in total. The van der Waals surface area contributed by atoms with Crippen LogP contribution in [0.15, 0.2) is 4.99 Å². The summed E-state index contributed by atoms with van der Waals surface area (Å²) < 4.78 is 2.45. The molecule has 0 saturated heterocycles. The van der Waals surface area contributed by atoms with Gasteiger partial charge in [0.1, 0.15) is 0 Å². The second-order valence-electron chi connectivity index (χ2n) is 9.71. The van der Waals surface area contributed by atoms with Gasteiger partial charge in [0.15, 0.2) is 0 Å². The maximum atomic E-state index is 4.78. The topological polar surface area (TPSA) is 15.6 Å². The summed E-state index contributed by atoms with van der Waals surface area (Å²) in [6, 6.07) is 0. The molecule has 0 spiro atoms. The second kappa shape index (κ2) is 28.9. The third-order valence-corrected chi connectivity index (χ3v) is 7.42. The lowest BCUT2D eigenvalue weighted by atomic mass is 10.1. The molecule has 0 aliphatic heterocycles. The zero-order valence-electron chi connectivity index (χ0n) is 22.6. The van der Waals surface area contributed by atoms with Gasteiger partial charge < -0.3 is 4.31 Å². The Morgan fingerprint density at radius 3 is 1.41 bits per heavy atom. The highest BCUT2D eigenvalue weighted by Gasteiger charge is 2.02. The fraction of sp³-hybridized carbons (Fsp3) is 0.966. The van der Waals surface area contributed by atoms with E-state index < -0.39 is 0 Å². The van der Waals surface area contributed by atoms with Gasteiger partial charge in [0.2, 0.25) is 0 Å². The lowest BCUT2D eigenvalue weighted by Crippen LogP contribution is -2.16. The third-order valence-electron chi connectivity index (χ3n) is 6.34. The number of aliphatic imine (C=N–C) groups is 1. The van der Waals surface area contributed by atoms with E-state index in [1.54, 1.807) is 0 Å². The van der Waals surface area contributed by atoms with Crippen LogP contribution in [0.4, 0.5) is 0 Å². The molecule has 32 heavy (non-hydrogen) atoms. The van der Waals surface area contributed by atoms with Crippen LogP contribution in [0, 0.1) is 0 Å². The smallest absolute Gasteiger partial charge is 0.0949 e. The molecule has 0 saturated carbocycles. The fourth-order valence-electron chi connectivity index (χ4n) is 4.11. The summed E-state index contributed by atoms with van der Waals surface area (Å²) in [5.41, 5.74) is 0. The Hall–Kier alpha value is -0.180. The van der Waals surface area contributed by atoms with Gasteiger partial charge in [-0.25, -0.2) is 0 Å². The van der Waals surface area contributed by atoms with Crippen molar-refractivity contribution < 1.29 is 0 Å². The highest BCUT2D eigenvalue weighted by atomic mass is 32.2. The summed E-state index contributed by atoms with van der Waals surface area (Å²) in [4.78, 5) is 4.78. The summed E-state index contributed by atoms with van der Waals surface area (Å²) in [6.07, 6.45) is 32.7. The van der Waals surface area contributed by atoms with Gasteiger partial charge in [-0.05, 0) is 31.2 Å². The molecular weight excluding hydrogens is 408 g/mol. The van der Waals surface area contributed by atoms with Crippen molar-refractivity contribution in [2.75, 3.05) is 18.8 Å². The molecule has 0 heterocycles. The monoisotopic (exact) mass is 468 g/mol. The van der Waals surface area contributed by atoms with Crippen molar-refractivity contribution in [2.45, 2.75) is 162 Å². The van der Waals surface area contributed by atoms with Crippen molar-refractivity contribution in [3.63, 3.8) is 0 Å². The molecular formula is C29H60N2S. The van der Waals surface area contributed by atoms with Gasteiger partial charge in [0.25, 0.3) is 0 Å². The number of unbranched alkanes of at least 4 members (excludes halogenated alkanes) is 19. The SMILES string of the molecule is CCCCCCCCCCSN(/C=N\CCCCCCCCC)CCCCCCCCC. The van der Waals surface area contributed by atoms with Crippen LogP contribution in [0.3, 0.4) is 0 Å². The Labute approximate surface area is 208 Å². The molecule has 0 amide bonds. The quantitative estimate of drug-likeness (QED) is 0.0515. The molecule has 0 rings (SSSR count). The molecule has 0 fully saturated rings. The summed E-state index contributed by atoms with van der Waals surface area (Å²) in [6.45, 7) is 9.08. The molecule has 0 aliphatic rings. The predicted octanol–water partition coefficient (Wildman–Crippen LogP) is 10.6. The molecule has 0 radical (unpaired) electrons. The van der Waals surface area contributed by atoms with Gasteiger partial charge in [-0.3, -0.25) is 4.99 Å². The zero-order valence-corrected chi connectivity index (χ0v) is 23.4. The minimum atomic E-state index is 1.01. The second-order valence-corrected chi connectivity index (χ2v) is 10.8. The predicted molar refractivity (Wildman–Crippen MR) is 151 cm³/mol. The molecule has 0 N–H and O–H groups in total. The Morgan fingerprint density at radius 2 is 0.906 bits per heavy atom. The van der Waals surface area contributed by atoms with Gasteiger partial charge in [-0.1, -0.05) is 143 Å². The van der Waals surface area contributed by atoms with Crippen molar-refractivity contribution in [2.24, 2.45) is 4.99 Å². The number of nitrogens with zero attached hydrogens (tertiary/aromatic N) is 2. The Balaban J connectivity index is 3.93. The van der Waals surface area contributed by atoms with Gasteiger partial charge in [-0.2, -0.15) is 0 Å². The summed E-state index contributed by atoms with van der Waals surface area (Å²) in [7, 11) is 0. The average molecular weight is 469 g/mol. The van der Waals surface area contributed by atoms with Crippen LogP contribution in [0.25, 0.3) is 0 Å². The van der Waals surface area contributed by atoms with Crippen molar-refractivity contribution >= 4 is 18.3 Å². The molecule has 192 valence electrons. The van der Waals surface area contributed by atoms with Crippen LogP contribution in [0.5, 0.6) is 0 Å². The summed E-state index contributed by atoms with van der Waals surface area (Å²) >= 11 is 2.03. The highest BCUT2D eigenvalue weighted by Crippen LogP contribution is 2.16. The van der Waals surface area contributed by atoms with E-state index in [-0.39, 0.29) is 0 Å². The highest BCUT2D eigenvalue weighted by molar-refractivity contribution is 7.97. The Kier molecular flexibility index (Phi) is 28.7. The van der Waals surface area contributed by atoms with Crippen molar-refractivity contribution in [3.05, 3.63) is 0 Å². The normalized spacial score (nSPS) is 11.6. The van der Waals surface area contributed by atoms with Crippen LogP contribution >= 0.6 is 11.9 Å². The maximum Gasteiger partial charge on any atom is 0.0949 e. The van der Waals surface area contributed by atoms with E-state index >= 15 is 0 Å². The Bertz CT molecular complexity index is 359. The van der Waals surface area contributed by atoms with Crippen LogP contribution in [-0.2, 0) is 0 Å². The van der Waals surface area contributed by atoms with E-state index in [1.165, 1.54) is 154 Å². The summed E-state index contributed by atoms with van der Waals surface area (Å²) in [5.74, 6) is 1.26.